The SMILES string of the molecule is CC(C)c1csc(CCC(=O)NCc2cccnc2)n1. The predicted molar refractivity (Wildman–Crippen MR) is 80.6 cm³/mol. The molecular weight excluding hydrogens is 270 g/mol. The van der Waals surface area contributed by atoms with E-state index in [1.165, 1.54) is 0 Å². The number of hydrogen-bond donors (Lipinski definition) is 1. The van der Waals surface area contributed by atoms with Gasteiger partial charge in [0.15, 0.2) is 0 Å². The van der Waals surface area contributed by atoms with Crippen LogP contribution in [0.4, 0.5) is 0 Å². The van der Waals surface area contributed by atoms with Gasteiger partial charge in [-0.2, -0.15) is 0 Å². The molecule has 0 atom stereocenters. The number of aryl methyl sites for hydroxylation is 1. The monoisotopic (exact) mass is 289 g/mol. The highest BCUT2D eigenvalue weighted by molar-refractivity contribution is 7.09. The Labute approximate surface area is 123 Å². The number of rotatable bonds is 6. The Balaban J connectivity index is 1.74. The molecule has 0 aliphatic carbocycles. The van der Waals surface area contributed by atoms with Crippen LogP contribution in [0.3, 0.4) is 0 Å². The van der Waals surface area contributed by atoms with Gasteiger partial charge in [0, 0.05) is 37.2 Å². The van der Waals surface area contributed by atoms with Gasteiger partial charge in [0.05, 0.1) is 10.7 Å². The van der Waals surface area contributed by atoms with E-state index in [1.807, 2.05) is 12.1 Å². The Morgan fingerprint density at radius 1 is 1.45 bits per heavy atom. The Morgan fingerprint density at radius 3 is 2.95 bits per heavy atom. The van der Waals surface area contributed by atoms with Crippen molar-refractivity contribution in [3.05, 3.63) is 46.2 Å². The van der Waals surface area contributed by atoms with Gasteiger partial charge in [0.1, 0.15) is 0 Å². The fourth-order valence-electron chi connectivity index (χ4n) is 1.72. The van der Waals surface area contributed by atoms with E-state index in [2.05, 4.69) is 34.5 Å². The third-order valence-corrected chi connectivity index (χ3v) is 3.87. The second-order valence-corrected chi connectivity index (χ2v) is 5.90. The highest BCUT2D eigenvalue weighted by Crippen LogP contribution is 2.18. The highest BCUT2D eigenvalue weighted by atomic mass is 32.1. The zero-order chi connectivity index (χ0) is 14.4. The first kappa shape index (κ1) is 14.7. The third kappa shape index (κ3) is 4.42. The maximum absolute atomic E-state index is 11.8. The lowest BCUT2D eigenvalue weighted by atomic mass is 10.2. The molecule has 0 aliphatic rings. The van der Waals surface area contributed by atoms with Crippen molar-refractivity contribution >= 4 is 17.2 Å². The quantitative estimate of drug-likeness (QED) is 0.889. The van der Waals surface area contributed by atoms with Crippen LogP contribution in [0, 0.1) is 0 Å². The molecule has 106 valence electrons. The summed E-state index contributed by atoms with van der Waals surface area (Å²) in [7, 11) is 0. The van der Waals surface area contributed by atoms with E-state index in [-0.39, 0.29) is 5.91 Å². The standard InChI is InChI=1S/C15H19N3OS/c1-11(2)13-10-20-15(18-13)6-5-14(19)17-9-12-4-3-7-16-8-12/h3-4,7-8,10-11H,5-6,9H2,1-2H3,(H,17,19). The second-order valence-electron chi connectivity index (χ2n) is 4.96. The Hall–Kier alpha value is -1.75. The molecule has 2 rings (SSSR count). The van der Waals surface area contributed by atoms with Crippen molar-refractivity contribution < 1.29 is 4.79 Å². The number of carbonyl (C=O) groups is 1. The van der Waals surface area contributed by atoms with Crippen LogP contribution in [-0.4, -0.2) is 15.9 Å². The van der Waals surface area contributed by atoms with E-state index in [9.17, 15) is 4.79 Å². The first-order chi connectivity index (χ1) is 9.65. The van der Waals surface area contributed by atoms with Crippen LogP contribution in [0.25, 0.3) is 0 Å². The van der Waals surface area contributed by atoms with Crippen LogP contribution in [0.2, 0.25) is 0 Å². The van der Waals surface area contributed by atoms with Crippen molar-refractivity contribution in [2.45, 2.75) is 39.2 Å². The number of carbonyl (C=O) groups excluding carboxylic acids is 1. The zero-order valence-electron chi connectivity index (χ0n) is 11.8. The molecule has 5 heteroatoms. The largest absolute Gasteiger partial charge is 0.352 e. The molecule has 0 bridgehead atoms. The van der Waals surface area contributed by atoms with E-state index in [0.717, 1.165) is 16.3 Å². The molecule has 0 saturated heterocycles. The molecule has 2 heterocycles. The average molecular weight is 289 g/mol. The van der Waals surface area contributed by atoms with Gasteiger partial charge in [-0.05, 0) is 17.5 Å². The van der Waals surface area contributed by atoms with Gasteiger partial charge >= 0.3 is 0 Å². The molecule has 2 aromatic rings. The summed E-state index contributed by atoms with van der Waals surface area (Å²) < 4.78 is 0. The molecule has 1 N–H and O–H groups in total. The summed E-state index contributed by atoms with van der Waals surface area (Å²) in [6.45, 7) is 4.78. The van der Waals surface area contributed by atoms with E-state index in [0.29, 0.717) is 25.3 Å². The van der Waals surface area contributed by atoms with Gasteiger partial charge in [0.2, 0.25) is 5.91 Å². The maximum Gasteiger partial charge on any atom is 0.220 e. The number of amides is 1. The molecule has 20 heavy (non-hydrogen) atoms. The third-order valence-electron chi connectivity index (χ3n) is 2.94. The number of hydrogen-bond acceptors (Lipinski definition) is 4. The van der Waals surface area contributed by atoms with Crippen LogP contribution in [0.5, 0.6) is 0 Å². The minimum atomic E-state index is 0.0511. The molecule has 0 aromatic carbocycles. The molecular formula is C15H19N3OS. The van der Waals surface area contributed by atoms with Crippen LogP contribution < -0.4 is 5.32 Å². The number of nitrogens with one attached hydrogen (secondary N) is 1. The molecule has 0 radical (unpaired) electrons. The number of pyridine rings is 1. The van der Waals surface area contributed by atoms with Gasteiger partial charge in [-0.3, -0.25) is 9.78 Å². The second kappa shape index (κ2) is 7.14. The molecule has 0 unspecified atom stereocenters. The first-order valence-electron chi connectivity index (χ1n) is 6.75. The van der Waals surface area contributed by atoms with Crippen molar-refractivity contribution in [3.63, 3.8) is 0 Å². The molecule has 1 amide bonds. The summed E-state index contributed by atoms with van der Waals surface area (Å²) in [5.74, 6) is 0.495. The summed E-state index contributed by atoms with van der Waals surface area (Å²) in [5.41, 5.74) is 2.12. The van der Waals surface area contributed by atoms with E-state index < -0.39 is 0 Å². The Kier molecular flexibility index (Phi) is 5.24. The van der Waals surface area contributed by atoms with Crippen LogP contribution in [0.15, 0.2) is 29.9 Å². The van der Waals surface area contributed by atoms with Crippen molar-refractivity contribution in [1.29, 1.82) is 0 Å². The lowest BCUT2D eigenvalue weighted by Crippen LogP contribution is -2.23. The fraction of sp³-hybridized carbons (Fsp3) is 0.400. The van der Waals surface area contributed by atoms with Crippen molar-refractivity contribution in [2.75, 3.05) is 0 Å². The first-order valence-corrected chi connectivity index (χ1v) is 7.63. The Morgan fingerprint density at radius 2 is 2.30 bits per heavy atom. The van der Waals surface area contributed by atoms with E-state index >= 15 is 0 Å². The topological polar surface area (TPSA) is 54.9 Å². The van der Waals surface area contributed by atoms with Gasteiger partial charge < -0.3 is 5.32 Å². The normalized spacial score (nSPS) is 10.8. The Bertz CT molecular complexity index is 551. The van der Waals surface area contributed by atoms with Crippen molar-refractivity contribution in [2.24, 2.45) is 0 Å². The summed E-state index contributed by atoms with van der Waals surface area (Å²) in [6.07, 6.45) is 4.66. The van der Waals surface area contributed by atoms with Crippen molar-refractivity contribution in [3.8, 4) is 0 Å². The number of thiazole rings is 1. The molecule has 0 saturated carbocycles. The van der Waals surface area contributed by atoms with Gasteiger partial charge in [0.25, 0.3) is 0 Å². The van der Waals surface area contributed by atoms with Crippen LogP contribution in [0.1, 0.15) is 42.5 Å². The fourth-order valence-corrected chi connectivity index (χ4v) is 2.68. The maximum atomic E-state index is 11.8. The van der Waals surface area contributed by atoms with Gasteiger partial charge in [-0.15, -0.1) is 11.3 Å². The van der Waals surface area contributed by atoms with E-state index in [4.69, 9.17) is 0 Å². The highest BCUT2D eigenvalue weighted by Gasteiger charge is 2.08. The smallest absolute Gasteiger partial charge is 0.220 e. The summed E-state index contributed by atoms with van der Waals surface area (Å²) in [6, 6.07) is 3.81. The number of nitrogens with zero attached hydrogens (tertiary/aromatic N) is 2. The molecule has 0 spiro atoms. The molecule has 2 aromatic heterocycles. The molecule has 4 nitrogen and oxygen atoms in total. The number of aromatic nitrogens is 2. The van der Waals surface area contributed by atoms with Gasteiger partial charge in [-0.1, -0.05) is 19.9 Å². The summed E-state index contributed by atoms with van der Waals surface area (Å²) in [5, 5.41) is 6.01. The summed E-state index contributed by atoms with van der Waals surface area (Å²) >= 11 is 1.63. The van der Waals surface area contributed by atoms with Crippen LogP contribution in [-0.2, 0) is 17.8 Å². The minimum Gasteiger partial charge on any atom is -0.352 e. The molecule has 0 fully saturated rings. The minimum absolute atomic E-state index is 0.0511. The van der Waals surface area contributed by atoms with E-state index in [1.54, 1.807) is 23.7 Å². The lowest BCUT2D eigenvalue weighted by molar-refractivity contribution is -0.121. The lowest BCUT2D eigenvalue weighted by Gasteiger charge is -2.04. The van der Waals surface area contributed by atoms with Crippen LogP contribution >= 0.6 is 11.3 Å². The summed E-state index contributed by atoms with van der Waals surface area (Å²) in [4.78, 5) is 20.3. The zero-order valence-corrected chi connectivity index (χ0v) is 12.6. The average Bonchev–Trinajstić information content (AvgIpc) is 2.93. The predicted octanol–water partition coefficient (Wildman–Crippen LogP) is 2.91. The molecule has 0 aliphatic heterocycles. The van der Waals surface area contributed by atoms with Gasteiger partial charge in [-0.25, -0.2) is 4.98 Å². The van der Waals surface area contributed by atoms with Crippen molar-refractivity contribution in [1.82, 2.24) is 15.3 Å².